The maximum Gasteiger partial charge on any atom is 0.241 e. The van der Waals surface area contributed by atoms with Crippen molar-refractivity contribution in [3.05, 3.63) is 70.6 Å². The third-order valence-corrected chi connectivity index (χ3v) is 5.65. The normalized spacial score (nSPS) is 17.1. The molecule has 6 nitrogen and oxygen atoms in total. The van der Waals surface area contributed by atoms with E-state index in [9.17, 15) is 4.79 Å². The molecule has 0 aliphatic carbocycles. The van der Waals surface area contributed by atoms with Crippen LogP contribution in [0.25, 0.3) is 11.4 Å². The van der Waals surface area contributed by atoms with Gasteiger partial charge in [0, 0.05) is 23.7 Å². The van der Waals surface area contributed by atoms with Gasteiger partial charge in [0.05, 0.1) is 12.5 Å². The Hall–Kier alpha value is -2.70. The molecular formula is C23H25ClN4O2. The van der Waals surface area contributed by atoms with E-state index in [0.717, 1.165) is 30.5 Å². The van der Waals surface area contributed by atoms with Crippen LogP contribution in [0.1, 0.15) is 29.9 Å². The van der Waals surface area contributed by atoms with Crippen molar-refractivity contribution in [3.8, 4) is 11.4 Å². The molecule has 2 aromatic carbocycles. The van der Waals surface area contributed by atoms with Crippen LogP contribution in [-0.2, 0) is 17.9 Å². The van der Waals surface area contributed by atoms with E-state index in [2.05, 4.69) is 51.5 Å². The Morgan fingerprint density at radius 2 is 1.97 bits per heavy atom. The summed E-state index contributed by atoms with van der Waals surface area (Å²) in [7, 11) is 0. The third kappa shape index (κ3) is 5.26. The van der Waals surface area contributed by atoms with E-state index in [4.69, 9.17) is 16.1 Å². The summed E-state index contributed by atoms with van der Waals surface area (Å²) in [6, 6.07) is 15.6. The molecule has 1 aliphatic rings. The SMILES string of the molecule is Cc1ccc(CNC(=O)C2CCCN(Cc3nc(-c4ccc(Cl)cc4)no3)C2)cc1. The zero-order chi connectivity index (χ0) is 20.9. The van der Waals surface area contributed by atoms with Crippen molar-refractivity contribution in [1.82, 2.24) is 20.4 Å². The lowest BCUT2D eigenvalue weighted by molar-refractivity contribution is -0.127. The van der Waals surface area contributed by atoms with Gasteiger partial charge in [-0.2, -0.15) is 4.98 Å². The molecule has 0 radical (unpaired) electrons. The monoisotopic (exact) mass is 424 g/mol. The number of nitrogens with zero attached hydrogens (tertiary/aromatic N) is 3. The van der Waals surface area contributed by atoms with Gasteiger partial charge in [-0.15, -0.1) is 0 Å². The Balaban J connectivity index is 1.31. The Morgan fingerprint density at radius 3 is 2.73 bits per heavy atom. The molecule has 1 aromatic heterocycles. The number of amides is 1. The highest BCUT2D eigenvalue weighted by Crippen LogP contribution is 2.21. The molecule has 1 saturated heterocycles. The molecule has 1 unspecified atom stereocenters. The quantitative estimate of drug-likeness (QED) is 0.641. The van der Waals surface area contributed by atoms with E-state index < -0.39 is 0 Å². The predicted octanol–water partition coefficient (Wildman–Crippen LogP) is 4.23. The molecule has 30 heavy (non-hydrogen) atoms. The van der Waals surface area contributed by atoms with Gasteiger partial charge in [-0.25, -0.2) is 0 Å². The Morgan fingerprint density at radius 1 is 1.20 bits per heavy atom. The summed E-state index contributed by atoms with van der Waals surface area (Å²) >= 11 is 5.93. The van der Waals surface area contributed by atoms with Crippen LogP contribution < -0.4 is 5.32 Å². The highest BCUT2D eigenvalue weighted by Gasteiger charge is 2.26. The average molecular weight is 425 g/mol. The van der Waals surface area contributed by atoms with Gasteiger partial charge >= 0.3 is 0 Å². The number of piperidine rings is 1. The molecule has 4 rings (SSSR count). The van der Waals surface area contributed by atoms with Gasteiger partial charge in [0.25, 0.3) is 0 Å². The number of nitrogens with one attached hydrogen (secondary N) is 1. The minimum atomic E-state index is -0.0251. The third-order valence-electron chi connectivity index (χ3n) is 5.39. The molecule has 0 bridgehead atoms. The summed E-state index contributed by atoms with van der Waals surface area (Å²) < 4.78 is 5.43. The van der Waals surface area contributed by atoms with Gasteiger partial charge in [0.15, 0.2) is 0 Å². The summed E-state index contributed by atoms with van der Waals surface area (Å²) in [5, 5.41) is 7.81. The number of aryl methyl sites for hydroxylation is 1. The van der Waals surface area contributed by atoms with Gasteiger partial charge < -0.3 is 9.84 Å². The first-order valence-electron chi connectivity index (χ1n) is 10.2. The van der Waals surface area contributed by atoms with Crippen LogP contribution in [0, 0.1) is 12.8 Å². The van der Waals surface area contributed by atoms with Crippen LogP contribution in [0.5, 0.6) is 0 Å². The second-order valence-corrected chi connectivity index (χ2v) is 8.23. The smallest absolute Gasteiger partial charge is 0.241 e. The molecule has 0 spiro atoms. The molecule has 3 aromatic rings. The zero-order valence-corrected chi connectivity index (χ0v) is 17.7. The summed E-state index contributed by atoms with van der Waals surface area (Å²) in [5.74, 6) is 1.18. The Kier molecular flexibility index (Phi) is 6.45. The van der Waals surface area contributed by atoms with Crippen molar-refractivity contribution < 1.29 is 9.32 Å². The molecule has 1 amide bonds. The second-order valence-electron chi connectivity index (χ2n) is 7.80. The van der Waals surface area contributed by atoms with Gasteiger partial charge in [-0.1, -0.05) is 46.6 Å². The number of carbonyl (C=O) groups is 1. The number of benzene rings is 2. The first-order valence-corrected chi connectivity index (χ1v) is 10.6. The fourth-order valence-electron chi connectivity index (χ4n) is 3.68. The topological polar surface area (TPSA) is 71.3 Å². The lowest BCUT2D eigenvalue weighted by atomic mass is 9.97. The first-order chi connectivity index (χ1) is 14.6. The molecule has 2 heterocycles. The molecule has 1 N–H and O–H groups in total. The average Bonchev–Trinajstić information content (AvgIpc) is 3.22. The number of rotatable bonds is 6. The molecule has 1 atom stereocenters. The van der Waals surface area contributed by atoms with E-state index in [1.165, 1.54) is 5.56 Å². The molecule has 0 saturated carbocycles. The van der Waals surface area contributed by atoms with Crippen LogP contribution in [0.4, 0.5) is 0 Å². The van der Waals surface area contributed by atoms with E-state index in [1.807, 2.05) is 12.1 Å². The van der Waals surface area contributed by atoms with Gasteiger partial charge in [-0.05, 0) is 56.1 Å². The summed E-state index contributed by atoms with van der Waals surface area (Å²) in [6.07, 6.45) is 1.87. The maximum atomic E-state index is 12.7. The molecule has 156 valence electrons. The van der Waals surface area contributed by atoms with Crippen molar-refractivity contribution in [1.29, 1.82) is 0 Å². The van der Waals surface area contributed by atoms with Crippen molar-refractivity contribution >= 4 is 17.5 Å². The maximum absolute atomic E-state index is 12.7. The van der Waals surface area contributed by atoms with Crippen molar-refractivity contribution in [3.63, 3.8) is 0 Å². The van der Waals surface area contributed by atoms with Crippen LogP contribution in [0.3, 0.4) is 0 Å². The van der Waals surface area contributed by atoms with Crippen molar-refractivity contribution in [2.45, 2.75) is 32.9 Å². The summed E-state index contributed by atoms with van der Waals surface area (Å²) in [6.45, 7) is 4.77. The van der Waals surface area contributed by atoms with Gasteiger partial charge in [-0.3, -0.25) is 9.69 Å². The zero-order valence-electron chi connectivity index (χ0n) is 17.0. The lowest BCUT2D eigenvalue weighted by Gasteiger charge is -2.30. The lowest BCUT2D eigenvalue weighted by Crippen LogP contribution is -2.42. The number of carbonyl (C=O) groups excluding carboxylic acids is 1. The van der Waals surface area contributed by atoms with E-state index in [-0.39, 0.29) is 11.8 Å². The Labute approximate surface area is 181 Å². The highest BCUT2D eigenvalue weighted by molar-refractivity contribution is 6.30. The summed E-state index contributed by atoms with van der Waals surface area (Å²) in [5.41, 5.74) is 3.19. The van der Waals surface area contributed by atoms with Crippen molar-refractivity contribution in [2.24, 2.45) is 5.92 Å². The van der Waals surface area contributed by atoms with Crippen LogP contribution in [-0.4, -0.2) is 34.0 Å². The van der Waals surface area contributed by atoms with E-state index in [1.54, 1.807) is 12.1 Å². The molecule has 1 fully saturated rings. The minimum absolute atomic E-state index is 0.0251. The number of hydrogen-bond acceptors (Lipinski definition) is 5. The van der Waals surface area contributed by atoms with E-state index >= 15 is 0 Å². The van der Waals surface area contributed by atoms with Gasteiger partial charge in [0.1, 0.15) is 0 Å². The molecule has 1 aliphatic heterocycles. The number of hydrogen-bond donors (Lipinski definition) is 1. The fraction of sp³-hybridized carbons (Fsp3) is 0.348. The predicted molar refractivity (Wildman–Crippen MR) is 116 cm³/mol. The van der Waals surface area contributed by atoms with Crippen molar-refractivity contribution in [2.75, 3.05) is 13.1 Å². The second kappa shape index (κ2) is 9.41. The first kappa shape index (κ1) is 20.6. The Bertz CT molecular complexity index is 985. The van der Waals surface area contributed by atoms with Crippen LogP contribution >= 0.6 is 11.6 Å². The van der Waals surface area contributed by atoms with Crippen LogP contribution in [0.2, 0.25) is 5.02 Å². The van der Waals surface area contributed by atoms with Gasteiger partial charge in [0.2, 0.25) is 17.6 Å². The highest BCUT2D eigenvalue weighted by atomic mass is 35.5. The van der Waals surface area contributed by atoms with Crippen LogP contribution in [0.15, 0.2) is 53.1 Å². The summed E-state index contributed by atoms with van der Waals surface area (Å²) in [4.78, 5) is 19.4. The standard InChI is InChI=1S/C23H25ClN4O2/c1-16-4-6-17(7-5-16)13-25-23(29)19-3-2-12-28(14-19)15-21-26-22(27-30-21)18-8-10-20(24)11-9-18/h4-11,19H,2-3,12-15H2,1H3,(H,25,29). The largest absolute Gasteiger partial charge is 0.352 e. The number of halogens is 1. The van der Waals surface area contributed by atoms with E-state index in [0.29, 0.717) is 36.4 Å². The number of likely N-dealkylation sites (tertiary alicyclic amines) is 1. The molecule has 7 heteroatoms. The number of aromatic nitrogens is 2. The fourth-order valence-corrected chi connectivity index (χ4v) is 3.81. The minimum Gasteiger partial charge on any atom is -0.352 e. The molecular weight excluding hydrogens is 400 g/mol.